The van der Waals surface area contributed by atoms with Crippen LogP contribution in [0.3, 0.4) is 0 Å². The van der Waals surface area contributed by atoms with Crippen molar-refractivity contribution >= 4 is 17.4 Å². The molecule has 1 aromatic heterocycles. The fourth-order valence-electron chi connectivity index (χ4n) is 2.86. The SMILES string of the molecule is Cc1c(Cl)nc(C2CC2)nc1NC1C(C)(C)C1(C)C. The summed E-state index contributed by atoms with van der Waals surface area (Å²) < 4.78 is 0. The van der Waals surface area contributed by atoms with Crippen LogP contribution in [0.2, 0.25) is 5.15 Å². The van der Waals surface area contributed by atoms with Gasteiger partial charge in [0.25, 0.3) is 0 Å². The van der Waals surface area contributed by atoms with Gasteiger partial charge in [-0.1, -0.05) is 39.3 Å². The normalized spacial score (nSPS) is 24.3. The highest BCUT2D eigenvalue weighted by Gasteiger charge is 2.65. The first-order chi connectivity index (χ1) is 8.75. The van der Waals surface area contributed by atoms with Crippen LogP contribution < -0.4 is 5.32 Å². The summed E-state index contributed by atoms with van der Waals surface area (Å²) in [5.41, 5.74) is 1.54. The number of nitrogens with zero attached hydrogens (tertiary/aromatic N) is 2. The second-order valence-corrected chi connectivity index (χ2v) is 7.50. The minimum atomic E-state index is 0.288. The molecule has 0 saturated heterocycles. The van der Waals surface area contributed by atoms with Gasteiger partial charge in [-0.05, 0) is 30.6 Å². The summed E-state index contributed by atoms with van der Waals surface area (Å²) in [6, 6.07) is 0.441. The van der Waals surface area contributed by atoms with Crippen LogP contribution in [0.1, 0.15) is 57.8 Å². The first-order valence-electron chi connectivity index (χ1n) is 7.05. The van der Waals surface area contributed by atoms with Gasteiger partial charge in [-0.25, -0.2) is 9.97 Å². The van der Waals surface area contributed by atoms with Gasteiger partial charge in [0, 0.05) is 17.5 Å². The molecular formula is C15H22ClN3. The summed E-state index contributed by atoms with van der Waals surface area (Å²) in [6.07, 6.45) is 2.39. The summed E-state index contributed by atoms with van der Waals surface area (Å²) in [7, 11) is 0. The van der Waals surface area contributed by atoms with Crippen LogP contribution in [0, 0.1) is 17.8 Å². The molecule has 1 aromatic rings. The summed E-state index contributed by atoms with van der Waals surface area (Å²) >= 11 is 6.25. The fraction of sp³-hybridized carbons (Fsp3) is 0.733. The van der Waals surface area contributed by atoms with Crippen LogP contribution in [0.5, 0.6) is 0 Å². The molecule has 0 aliphatic heterocycles. The summed E-state index contributed by atoms with van der Waals surface area (Å²) in [5, 5.41) is 4.19. The highest BCUT2D eigenvalue weighted by molar-refractivity contribution is 6.30. The number of hydrogen-bond acceptors (Lipinski definition) is 3. The lowest BCUT2D eigenvalue weighted by molar-refractivity contribution is 0.457. The van der Waals surface area contributed by atoms with E-state index < -0.39 is 0 Å². The van der Waals surface area contributed by atoms with E-state index >= 15 is 0 Å². The molecule has 0 amide bonds. The van der Waals surface area contributed by atoms with E-state index in [0.717, 1.165) is 17.2 Å². The fourth-order valence-corrected chi connectivity index (χ4v) is 3.04. The number of aromatic nitrogens is 2. The molecule has 0 atom stereocenters. The maximum atomic E-state index is 6.25. The zero-order valence-electron chi connectivity index (χ0n) is 12.3. The van der Waals surface area contributed by atoms with Crippen molar-refractivity contribution < 1.29 is 0 Å². The third-order valence-corrected chi connectivity index (χ3v) is 5.72. The van der Waals surface area contributed by atoms with Gasteiger partial charge in [-0.3, -0.25) is 0 Å². The zero-order chi connectivity index (χ0) is 14.0. The number of hydrogen-bond donors (Lipinski definition) is 1. The second kappa shape index (κ2) is 3.85. The Morgan fingerprint density at radius 2 is 1.68 bits per heavy atom. The maximum absolute atomic E-state index is 6.25. The second-order valence-electron chi connectivity index (χ2n) is 7.14. The average Bonchev–Trinajstić information content (AvgIpc) is 3.19. The van der Waals surface area contributed by atoms with Crippen LogP contribution in [0.15, 0.2) is 0 Å². The zero-order valence-corrected chi connectivity index (χ0v) is 13.1. The highest BCUT2D eigenvalue weighted by Crippen LogP contribution is 2.63. The lowest BCUT2D eigenvalue weighted by Gasteiger charge is -2.12. The van der Waals surface area contributed by atoms with Gasteiger partial charge >= 0.3 is 0 Å². The molecular weight excluding hydrogens is 258 g/mol. The first-order valence-corrected chi connectivity index (χ1v) is 7.43. The number of anilines is 1. The predicted molar refractivity (Wildman–Crippen MR) is 78.7 cm³/mol. The van der Waals surface area contributed by atoms with Gasteiger partial charge < -0.3 is 5.32 Å². The molecule has 2 fully saturated rings. The Kier molecular flexibility index (Phi) is 2.66. The van der Waals surface area contributed by atoms with E-state index in [2.05, 4.69) is 38.0 Å². The summed E-state index contributed by atoms with van der Waals surface area (Å²) in [6.45, 7) is 11.2. The molecule has 0 radical (unpaired) electrons. The number of halogens is 1. The van der Waals surface area contributed by atoms with E-state index in [1.807, 2.05) is 6.92 Å². The molecule has 0 aromatic carbocycles. The lowest BCUT2D eigenvalue weighted by Crippen LogP contribution is -2.14. The number of rotatable bonds is 3. The van der Waals surface area contributed by atoms with Crippen molar-refractivity contribution in [3.63, 3.8) is 0 Å². The van der Waals surface area contributed by atoms with Crippen molar-refractivity contribution in [3.8, 4) is 0 Å². The topological polar surface area (TPSA) is 37.8 Å². The van der Waals surface area contributed by atoms with E-state index in [-0.39, 0.29) is 10.8 Å². The summed E-state index contributed by atoms with van der Waals surface area (Å²) in [5.74, 6) is 2.36. The van der Waals surface area contributed by atoms with E-state index in [4.69, 9.17) is 16.6 Å². The molecule has 4 heteroatoms. The molecule has 3 nitrogen and oxygen atoms in total. The molecule has 0 bridgehead atoms. The predicted octanol–water partition coefficient (Wildman–Crippen LogP) is 4.16. The Balaban J connectivity index is 1.89. The Morgan fingerprint density at radius 1 is 1.11 bits per heavy atom. The van der Waals surface area contributed by atoms with Crippen molar-refractivity contribution in [2.45, 2.75) is 59.4 Å². The van der Waals surface area contributed by atoms with Crippen molar-refractivity contribution in [2.24, 2.45) is 10.8 Å². The quantitative estimate of drug-likeness (QED) is 0.844. The van der Waals surface area contributed by atoms with E-state index in [0.29, 0.717) is 17.1 Å². The molecule has 3 rings (SSSR count). The van der Waals surface area contributed by atoms with Crippen molar-refractivity contribution in [1.29, 1.82) is 0 Å². The molecule has 1 N–H and O–H groups in total. The Bertz CT molecular complexity index is 518. The standard InChI is InChI=1S/C15H22ClN3/c1-8-10(16)17-12(9-6-7-9)18-11(8)19-13-14(2,3)15(13,4)5/h9,13H,6-7H2,1-5H3,(H,17,18,19). The third-order valence-electron chi connectivity index (χ3n) is 5.35. The van der Waals surface area contributed by atoms with Crippen LogP contribution in [0.25, 0.3) is 0 Å². The monoisotopic (exact) mass is 279 g/mol. The molecule has 0 unspecified atom stereocenters. The lowest BCUT2D eigenvalue weighted by atomic mass is 10.0. The maximum Gasteiger partial charge on any atom is 0.137 e. The molecule has 0 spiro atoms. The minimum absolute atomic E-state index is 0.288. The van der Waals surface area contributed by atoms with Crippen molar-refractivity contribution in [1.82, 2.24) is 9.97 Å². The molecule has 2 saturated carbocycles. The first kappa shape index (κ1) is 13.2. The largest absolute Gasteiger partial charge is 0.366 e. The van der Waals surface area contributed by atoms with Crippen LogP contribution in [0.4, 0.5) is 5.82 Å². The molecule has 2 aliphatic carbocycles. The van der Waals surface area contributed by atoms with E-state index in [9.17, 15) is 0 Å². The smallest absolute Gasteiger partial charge is 0.137 e. The van der Waals surface area contributed by atoms with Gasteiger partial charge in [0.2, 0.25) is 0 Å². The van der Waals surface area contributed by atoms with Crippen LogP contribution >= 0.6 is 11.6 Å². The third kappa shape index (κ3) is 1.94. The van der Waals surface area contributed by atoms with Gasteiger partial charge in [0.05, 0.1) is 0 Å². The van der Waals surface area contributed by atoms with E-state index in [1.54, 1.807) is 0 Å². The van der Waals surface area contributed by atoms with E-state index in [1.165, 1.54) is 12.8 Å². The average molecular weight is 280 g/mol. The van der Waals surface area contributed by atoms with Crippen LogP contribution in [-0.4, -0.2) is 16.0 Å². The number of nitrogens with one attached hydrogen (secondary N) is 1. The molecule has 1 heterocycles. The van der Waals surface area contributed by atoms with Gasteiger partial charge in [-0.2, -0.15) is 0 Å². The Labute approximate surface area is 120 Å². The van der Waals surface area contributed by atoms with Crippen molar-refractivity contribution in [2.75, 3.05) is 5.32 Å². The molecule has 2 aliphatic rings. The summed E-state index contributed by atoms with van der Waals surface area (Å²) in [4.78, 5) is 9.11. The Hall–Kier alpha value is -0.830. The van der Waals surface area contributed by atoms with Crippen LogP contribution in [-0.2, 0) is 0 Å². The minimum Gasteiger partial charge on any atom is -0.366 e. The highest BCUT2D eigenvalue weighted by atomic mass is 35.5. The molecule has 104 valence electrons. The Morgan fingerprint density at radius 3 is 2.16 bits per heavy atom. The molecule has 19 heavy (non-hydrogen) atoms. The van der Waals surface area contributed by atoms with Gasteiger partial charge in [-0.15, -0.1) is 0 Å². The van der Waals surface area contributed by atoms with Gasteiger partial charge in [0.15, 0.2) is 0 Å². The van der Waals surface area contributed by atoms with Gasteiger partial charge in [0.1, 0.15) is 16.8 Å². The van der Waals surface area contributed by atoms with Crippen molar-refractivity contribution in [3.05, 3.63) is 16.5 Å².